The molecular weight excluding hydrogens is 345 g/mol. The predicted octanol–water partition coefficient (Wildman–Crippen LogP) is 2.37. The molecule has 0 radical (unpaired) electrons. The summed E-state index contributed by atoms with van der Waals surface area (Å²) < 4.78 is 1.05. The highest BCUT2D eigenvalue weighted by Gasteiger charge is 2.38. The fourth-order valence-electron chi connectivity index (χ4n) is 1.87. The standard InChI is InChI=1S/C13H14INO3/c1-8(13(17)18)15(11-6-7-11)12(16)9-2-4-10(14)5-3-9/h2-5,8,11H,6-7H2,1H3,(H,17,18). The van der Waals surface area contributed by atoms with Crippen LogP contribution in [0.15, 0.2) is 24.3 Å². The van der Waals surface area contributed by atoms with Crippen LogP contribution in [0.3, 0.4) is 0 Å². The number of carbonyl (C=O) groups excluding carboxylic acids is 1. The van der Waals surface area contributed by atoms with E-state index in [4.69, 9.17) is 5.11 Å². The Kier molecular flexibility index (Phi) is 3.89. The largest absolute Gasteiger partial charge is 0.480 e. The van der Waals surface area contributed by atoms with Crippen LogP contribution in [-0.2, 0) is 4.79 Å². The molecule has 1 fully saturated rings. The second-order valence-electron chi connectivity index (χ2n) is 4.46. The van der Waals surface area contributed by atoms with E-state index in [1.807, 2.05) is 12.1 Å². The van der Waals surface area contributed by atoms with Gasteiger partial charge in [0.1, 0.15) is 6.04 Å². The van der Waals surface area contributed by atoms with Gasteiger partial charge in [0.15, 0.2) is 0 Å². The van der Waals surface area contributed by atoms with Gasteiger partial charge >= 0.3 is 5.97 Å². The monoisotopic (exact) mass is 359 g/mol. The molecule has 0 spiro atoms. The quantitative estimate of drug-likeness (QED) is 0.840. The maximum Gasteiger partial charge on any atom is 0.326 e. The van der Waals surface area contributed by atoms with Gasteiger partial charge < -0.3 is 10.0 Å². The zero-order chi connectivity index (χ0) is 13.3. The van der Waals surface area contributed by atoms with Crippen LogP contribution >= 0.6 is 22.6 Å². The number of benzene rings is 1. The minimum absolute atomic E-state index is 0.0860. The first-order valence-corrected chi connectivity index (χ1v) is 6.89. The first-order chi connectivity index (χ1) is 8.50. The smallest absolute Gasteiger partial charge is 0.326 e. The molecule has 0 heterocycles. The maximum atomic E-state index is 12.3. The van der Waals surface area contributed by atoms with E-state index in [2.05, 4.69) is 22.6 Å². The second-order valence-corrected chi connectivity index (χ2v) is 5.71. The van der Waals surface area contributed by atoms with Crippen LogP contribution in [0, 0.1) is 3.57 Å². The Morgan fingerprint density at radius 3 is 2.33 bits per heavy atom. The van der Waals surface area contributed by atoms with Gasteiger partial charge in [-0.15, -0.1) is 0 Å². The third-order valence-electron chi connectivity index (χ3n) is 3.04. The number of aliphatic carboxylic acids is 1. The number of nitrogens with zero attached hydrogens (tertiary/aromatic N) is 1. The van der Waals surface area contributed by atoms with Crippen LogP contribution in [-0.4, -0.2) is 34.0 Å². The van der Waals surface area contributed by atoms with Crippen molar-refractivity contribution in [2.45, 2.75) is 31.8 Å². The van der Waals surface area contributed by atoms with Gasteiger partial charge in [0.2, 0.25) is 0 Å². The highest BCUT2D eigenvalue weighted by atomic mass is 127. The summed E-state index contributed by atoms with van der Waals surface area (Å²) in [5.41, 5.74) is 0.551. The van der Waals surface area contributed by atoms with Gasteiger partial charge in [0.25, 0.3) is 5.91 Å². The van der Waals surface area contributed by atoms with Crippen molar-refractivity contribution >= 4 is 34.5 Å². The van der Waals surface area contributed by atoms with E-state index in [0.29, 0.717) is 5.56 Å². The van der Waals surface area contributed by atoms with E-state index in [1.165, 1.54) is 4.90 Å². The summed E-state index contributed by atoms with van der Waals surface area (Å²) in [6.07, 6.45) is 1.79. The lowest BCUT2D eigenvalue weighted by atomic mass is 10.1. The maximum absolute atomic E-state index is 12.3. The molecule has 1 aliphatic carbocycles. The van der Waals surface area contributed by atoms with Gasteiger partial charge in [-0.2, -0.15) is 0 Å². The molecule has 4 nitrogen and oxygen atoms in total. The molecule has 96 valence electrons. The van der Waals surface area contributed by atoms with E-state index < -0.39 is 12.0 Å². The molecule has 1 atom stereocenters. The molecule has 2 rings (SSSR count). The number of hydrogen-bond donors (Lipinski definition) is 1. The Morgan fingerprint density at radius 1 is 1.33 bits per heavy atom. The predicted molar refractivity (Wildman–Crippen MR) is 75.4 cm³/mol. The fraction of sp³-hybridized carbons (Fsp3) is 0.385. The highest BCUT2D eigenvalue weighted by Crippen LogP contribution is 2.30. The third kappa shape index (κ3) is 2.82. The third-order valence-corrected chi connectivity index (χ3v) is 3.76. The summed E-state index contributed by atoms with van der Waals surface area (Å²) in [4.78, 5) is 24.9. The van der Waals surface area contributed by atoms with Crippen LogP contribution in [0.1, 0.15) is 30.1 Å². The van der Waals surface area contributed by atoms with Crippen molar-refractivity contribution in [1.29, 1.82) is 0 Å². The second kappa shape index (κ2) is 5.26. The van der Waals surface area contributed by atoms with Crippen LogP contribution in [0.4, 0.5) is 0 Å². The molecule has 0 aromatic heterocycles. The molecule has 0 bridgehead atoms. The highest BCUT2D eigenvalue weighted by molar-refractivity contribution is 14.1. The van der Waals surface area contributed by atoms with Crippen LogP contribution < -0.4 is 0 Å². The van der Waals surface area contributed by atoms with Gasteiger partial charge in [-0.1, -0.05) is 0 Å². The Hall–Kier alpha value is -1.11. The number of carboxylic acids is 1. The Morgan fingerprint density at radius 2 is 1.89 bits per heavy atom. The summed E-state index contributed by atoms with van der Waals surface area (Å²) in [5, 5.41) is 9.07. The lowest BCUT2D eigenvalue weighted by Gasteiger charge is -2.26. The molecule has 1 saturated carbocycles. The molecule has 1 aromatic carbocycles. The van der Waals surface area contributed by atoms with Crippen molar-refractivity contribution in [3.8, 4) is 0 Å². The molecule has 18 heavy (non-hydrogen) atoms. The number of amides is 1. The molecular formula is C13H14INO3. The van der Waals surface area contributed by atoms with Crippen LogP contribution in [0.25, 0.3) is 0 Å². The number of carboxylic acid groups (broad SMARTS) is 1. The van der Waals surface area contributed by atoms with Gasteiger partial charge in [-0.25, -0.2) is 4.79 Å². The van der Waals surface area contributed by atoms with Crippen molar-refractivity contribution in [2.75, 3.05) is 0 Å². The average molecular weight is 359 g/mol. The molecule has 1 unspecified atom stereocenters. The van der Waals surface area contributed by atoms with E-state index in [9.17, 15) is 9.59 Å². The Labute approximate surface area is 119 Å². The number of rotatable bonds is 4. The molecule has 0 saturated heterocycles. The van der Waals surface area contributed by atoms with E-state index >= 15 is 0 Å². The van der Waals surface area contributed by atoms with Crippen molar-refractivity contribution in [2.24, 2.45) is 0 Å². The average Bonchev–Trinajstić information content (AvgIpc) is 3.14. The summed E-state index contributed by atoms with van der Waals surface area (Å²) in [6.45, 7) is 1.56. The molecule has 0 aliphatic heterocycles. The van der Waals surface area contributed by atoms with Gasteiger partial charge in [-0.3, -0.25) is 4.79 Å². The van der Waals surface area contributed by atoms with Gasteiger partial charge in [0.05, 0.1) is 0 Å². The molecule has 5 heteroatoms. The van der Waals surface area contributed by atoms with E-state index in [-0.39, 0.29) is 11.9 Å². The van der Waals surface area contributed by atoms with Crippen LogP contribution in [0.5, 0.6) is 0 Å². The van der Waals surface area contributed by atoms with Gasteiger partial charge in [0, 0.05) is 15.2 Å². The lowest BCUT2D eigenvalue weighted by molar-refractivity contribution is -0.141. The summed E-state index contributed by atoms with van der Waals surface area (Å²) in [6, 6.07) is 6.50. The van der Waals surface area contributed by atoms with Crippen LogP contribution in [0.2, 0.25) is 0 Å². The van der Waals surface area contributed by atoms with Crippen molar-refractivity contribution < 1.29 is 14.7 Å². The zero-order valence-electron chi connectivity index (χ0n) is 9.97. The number of halogens is 1. The minimum Gasteiger partial charge on any atom is -0.480 e. The van der Waals surface area contributed by atoms with E-state index in [1.54, 1.807) is 19.1 Å². The van der Waals surface area contributed by atoms with Crippen molar-refractivity contribution in [3.63, 3.8) is 0 Å². The topological polar surface area (TPSA) is 57.6 Å². The first-order valence-electron chi connectivity index (χ1n) is 5.81. The zero-order valence-corrected chi connectivity index (χ0v) is 12.1. The van der Waals surface area contributed by atoms with Crippen molar-refractivity contribution in [3.05, 3.63) is 33.4 Å². The molecule has 1 N–H and O–H groups in total. The fourth-order valence-corrected chi connectivity index (χ4v) is 2.23. The first kappa shape index (κ1) is 13.3. The number of hydrogen-bond acceptors (Lipinski definition) is 2. The summed E-state index contributed by atoms with van der Waals surface area (Å²) in [7, 11) is 0. The lowest BCUT2D eigenvalue weighted by Crippen LogP contribution is -2.44. The van der Waals surface area contributed by atoms with Crippen molar-refractivity contribution in [1.82, 2.24) is 4.90 Å². The summed E-state index contributed by atoms with van der Waals surface area (Å²) in [5.74, 6) is -1.15. The normalized spacial score (nSPS) is 16.1. The molecule has 1 amide bonds. The molecule has 1 aromatic rings. The minimum atomic E-state index is -0.958. The Bertz CT molecular complexity index is 468. The van der Waals surface area contributed by atoms with E-state index in [0.717, 1.165) is 16.4 Å². The number of carbonyl (C=O) groups is 2. The Balaban J connectivity index is 2.23. The van der Waals surface area contributed by atoms with Gasteiger partial charge in [-0.05, 0) is 66.6 Å². The summed E-state index contributed by atoms with van der Waals surface area (Å²) >= 11 is 2.17. The molecule has 1 aliphatic rings. The SMILES string of the molecule is CC(C(=O)O)N(C(=O)c1ccc(I)cc1)C1CC1.